The van der Waals surface area contributed by atoms with Crippen molar-refractivity contribution < 1.29 is 14.6 Å². The van der Waals surface area contributed by atoms with Crippen molar-refractivity contribution in [2.45, 2.75) is 32.3 Å². The summed E-state index contributed by atoms with van der Waals surface area (Å²) in [5.41, 5.74) is 3.06. The highest BCUT2D eigenvalue weighted by molar-refractivity contribution is 5.75. The molecule has 0 radical (unpaired) electrons. The SMILES string of the molecule is CC(CCC(=O)NN)Oc1ccccc1CCO. The zero-order chi connectivity index (χ0) is 13.4. The number of nitrogens with one attached hydrogen (secondary N) is 1. The zero-order valence-corrected chi connectivity index (χ0v) is 10.6. The third-order valence-electron chi connectivity index (χ3n) is 2.62. The molecule has 0 spiro atoms. The topological polar surface area (TPSA) is 84.6 Å². The van der Waals surface area contributed by atoms with E-state index in [9.17, 15) is 4.79 Å². The molecule has 0 bridgehead atoms. The van der Waals surface area contributed by atoms with Crippen molar-refractivity contribution in [1.29, 1.82) is 0 Å². The monoisotopic (exact) mass is 252 g/mol. The van der Waals surface area contributed by atoms with Crippen LogP contribution >= 0.6 is 0 Å². The number of hydrogen-bond donors (Lipinski definition) is 3. The average Bonchev–Trinajstić information content (AvgIpc) is 2.38. The van der Waals surface area contributed by atoms with Crippen molar-refractivity contribution in [3.05, 3.63) is 29.8 Å². The van der Waals surface area contributed by atoms with E-state index in [0.717, 1.165) is 11.3 Å². The third-order valence-corrected chi connectivity index (χ3v) is 2.62. The predicted molar refractivity (Wildman–Crippen MR) is 68.9 cm³/mol. The zero-order valence-electron chi connectivity index (χ0n) is 10.6. The average molecular weight is 252 g/mol. The van der Waals surface area contributed by atoms with Crippen molar-refractivity contribution in [1.82, 2.24) is 5.43 Å². The van der Waals surface area contributed by atoms with E-state index in [0.29, 0.717) is 19.3 Å². The van der Waals surface area contributed by atoms with Gasteiger partial charge in [0.2, 0.25) is 5.91 Å². The summed E-state index contributed by atoms with van der Waals surface area (Å²) in [4.78, 5) is 11.0. The number of carbonyl (C=O) groups excluding carboxylic acids is 1. The number of aliphatic hydroxyl groups is 1. The van der Waals surface area contributed by atoms with Crippen LogP contribution in [-0.4, -0.2) is 23.7 Å². The van der Waals surface area contributed by atoms with Crippen molar-refractivity contribution in [2.24, 2.45) is 5.84 Å². The second kappa shape index (κ2) is 7.68. The highest BCUT2D eigenvalue weighted by Gasteiger charge is 2.09. The number of ether oxygens (including phenoxy) is 1. The highest BCUT2D eigenvalue weighted by atomic mass is 16.5. The molecule has 1 atom stereocenters. The number of hydrazine groups is 1. The van der Waals surface area contributed by atoms with Gasteiger partial charge in [0.1, 0.15) is 5.75 Å². The summed E-state index contributed by atoms with van der Waals surface area (Å²) in [6.45, 7) is 1.99. The molecule has 0 fully saturated rings. The lowest BCUT2D eigenvalue weighted by Crippen LogP contribution is -2.30. The second-order valence-corrected chi connectivity index (χ2v) is 4.12. The van der Waals surface area contributed by atoms with E-state index < -0.39 is 0 Å². The van der Waals surface area contributed by atoms with Crippen LogP contribution in [0.25, 0.3) is 0 Å². The van der Waals surface area contributed by atoms with Crippen molar-refractivity contribution in [3.8, 4) is 5.75 Å². The van der Waals surface area contributed by atoms with Gasteiger partial charge < -0.3 is 9.84 Å². The van der Waals surface area contributed by atoms with E-state index in [-0.39, 0.29) is 18.6 Å². The minimum atomic E-state index is -0.200. The van der Waals surface area contributed by atoms with Gasteiger partial charge in [0.15, 0.2) is 0 Å². The molecule has 100 valence electrons. The smallest absolute Gasteiger partial charge is 0.234 e. The van der Waals surface area contributed by atoms with Gasteiger partial charge in [0, 0.05) is 13.0 Å². The summed E-state index contributed by atoms with van der Waals surface area (Å²) >= 11 is 0. The van der Waals surface area contributed by atoms with Gasteiger partial charge in [-0.2, -0.15) is 0 Å². The van der Waals surface area contributed by atoms with Crippen LogP contribution in [0.4, 0.5) is 0 Å². The van der Waals surface area contributed by atoms with E-state index in [4.69, 9.17) is 15.7 Å². The van der Waals surface area contributed by atoms with E-state index in [1.54, 1.807) is 0 Å². The van der Waals surface area contributed by atoms with Crippen molar-refractivity contribution in [3.63, 3.8) is 0 Å². The minimum absolute atomic E-state index is 0.0813. The Bertz CT molecular complexity index is 382. The second-order valence-electron chi connectivity index (χ2n) is 4.12. The summed E-state index contributed by atoms with van der Waals surface area (Å²) in [5, 5.41) is 8.96. The number of carbonyl (C=O) groups is 1. The molecular weight excluding hydrogens is 232 g/mol. The fraction of sp³-hybridized carbons (Fsp3) is 0.462. The number of hydrogen-bond acceptors (Lipinski definition) is 4. The first-order chi connectivity index (χ1) is 8.67. The third kappa shape index (κ3) is 4.73. The molecule has 5 heteroatoms. The number of aliphatic hydroxyl groups excluding tert-OH is 1. The number of rotatable bonds is 7. The highest BCUT2D eigenvalue weighted by Crippen LogP contribution is 2.20. The Kier molecular flexibility index (Phi) is 6.18. The minimum Gasteiger partial charge on any atom is -0.490 e. The lowest BCUT2D eigenvalue weighted by atomic mass is 10.1. The molecule has 1 amide bonds. The summed E-state index contributed by atoms with van der Waals surface area (Å²) < 4.78 is 5.76. The molecule has 0 aromatic heterocycles. The van der Waals surface area contributed by atoms with Gasteiger partial charge in [-0.3, -0.25) is 10.2 Å². The van der Waals surface area contributed by atoms with Gasteiger partial charge in [0.05, 0.1) is 6.10 Å². The predicted octanol–water partition coefficient (Wildman–Crippen LogP) is 0.759. The Morgan fingerprint density at radius 3 is 2.89 bits per heavy atom. The number of para-hydroxylation sites is 1. The fourth-order valence-electron chi connectivity index (χ4n) is 1.63. The number of benzene rings is 1. The summed E-state index contributed by atoms with van der Waals surface area (Å²) in [6, 6.07) is 7.58. The van der Waals surface area contributed by atoms with Crippen LogP contribution in [0.15, 0.2) is 24.3 Å². The van der Waals surface area contributed by atoms with Crippen LogP contribution in [0.3, 0.4) is 0 Å². The first-order valence-corrected chi connectivity index (χ1v) is 6.02. The molecule has 0 aliphatic heterocycles. The maximum atomic E-state index is 11.0. The van der Waals surface area contributed by atoms with E-state index in [1.807, 2.05) is 31.2 Å². The normalized spacial score (nSPS) is 11.9. The molecule has 0 saturated heterocycles. The van der Waals surface area contributed by atoms with E-state index in [2.05, 4.69) is 5.43 Å². The van der Waals surface area contributed by atoms with Crippen LogP contribution < -0.4 is 16.0 Å². The van der Waals surface area contributed by atoms with Gasteiger partial charge in [-0.05, 0) is 31.4 Å². The van der Waals surface area contributed by atoms with Crippen molar-refractivity contribution in [2.75, 3.05) is 6.61 Å². The molecule has 5 nitrogen and oxygen atoms in total. The fourth-order valence-corrected chi connectivity index (χ4v) is 1.63. The molecule has 1 rings (SSSR count). The first-order valence-electron chi connectivity index (χ1n) is 6.02. The molecule has 4 N–H and O–H groups in total. The van der Waals surface area contributed by atoms with Crippen LogP contribution in [0.2, 0.25) is 0 Å². The quantitative estimate of drug-likeness (QED) is 0.380. The van der Waals surface area contributed by atoms with Crippen LogP contribution in [0.5, 0.6) is 5.75 Å². The number of nitrogens with two attached hydrogens (primary N) is 1. The van der Waals surface area contributed by atoms with Gasteiger partial charge in [-0.25, -0.2) is 5.84 Å². The molecule has 1 unspecified atom stereocenters. The molecule has 1 aromatic carbocycles. The van der Waals surface area contributed by atoms with Crippen LogP contribution in [-0.2, 0) is 11.2 Å². The lowest BCUT2D eigenvalue weighted by Gasteiger charge is -2.16. The Labute approximate surface area is 107 Å². The Morgan fingerprint density at radius 2 is 2.22 bits per heavy atom. The maximum absolute atomic E-state index is 11.0. The summed E-state index contributed by atoms with van der Waals surface area (Å²) in [7, 11) is 0. The van der Waals surface area contributed by atoms with Crippen LogP contribution in [0, 0.1) is 0 Å². The van der Waals surface area contributed by atoms with E-state index in [1.165, 1.54) is 0 Å². The van der Waals surface area contributed by atoms with Gasteiger partial charge in [0.25, 0.3) is 0 Å². The van der Waals surface area contributed by atoms with Gasteiger partial charge in [-0.15, -0.1) is 0 Å². The first kappa shape index (κ1) is 14.5. The Hall–Kier alpha value is -1.59. The molecule has 0 heterocycles. The lowest BCUT2D eigenvalue weighted by molar-refractivity contribution is -0.121. The van der Waals surface area contributed by atoms with E-state index >= 15 is 0 Å². The molecule has 1 aromatic rings. The molecule has 18 heavy (non-hydrogen) atoms. The summed E-state index contributed by atoms with van der Waals surface area (Å²) in [6.07, 6.45) is 1.41. The molecule has 0 aliphatic rings. The maximum Gasteiger partial charge on any atom is 0.234 e. The van der Waals surface area contributed by atoms with Gasteiger partial charge in [-0.1, -0.05) is 18.2 Å². The Balaban J connectivity index is 2.53. The van der Waals surface area contributed by atoms with Gasteiger partial charge >= 0.3 is 0 Å². The van der Waals surface area contributed by atoms with Crippen LogP contribution in [0.1, 0.15) is 25.3 Å². The van der Waals surface area contributed by atoms with Crippen molar-refractivity contribution >= 4 is 5.91 Å². The number of amides is 1. The molecular formula is C13H20N2O3. The standard InChI is InChI=1S/C13H20N2O3/c1-10(6-7-13(17)15-14)18-12-5-3-2-4-11(12)8-9-16/h2-5,10,16H,6-9,14H2,1H3,(H,15,17). The molecule has 0 aliphatic carbocycles. The summed E-state index contributed by atoms with van der Waals surface area (Å²) in [5.74, 6) is 5.56. The Morgan fingerprint density at radius 1 is 1.50 bits per heavy atom. The largest absolute Gasteiger partial charge is 0.490 e. The molecule has 0 saturated carbocycles.